The van der Waals surface area contributed by atoms with Crippen molar-refractivity contribution in [3.63, 3.8) is 0 Å². The Balaban J connectivity index is 1.78. The first-order chi connectivity index (χ1) is 7.27. The summed E-state index contributed by atoms with van der Waals surface area (Å²) in [5.41, 5.74) is 0. The summed E-state index contributed by atoms with van der Waals surface area (Å²) in [4.78, 5) is 2.29. The molecule has 2 nitrogen and oxygen atoms in total. The summed E-state index contributed by atoms with van der Waals surface area (Å²) >= 11 is 5.46. The maximum Gasteiger partial charge on any atom is 0.169 e. The number of rotatable bonds is 2. The van der Waals surface area contributed by atoms with Crippen molar-refractivity contribution in [2.24, 2.45) is 0 Å². The Kier molecular flexibility index (Phi) is 3.84. The highest BCUT2D eigenvalue weighted by molar-refractivity contribution is 7.80. The first kappa shape index (κ1) is 11.2. The van der Waals surface area contributed by atoms with E-state index in [4.69, 9.17) is 12.2 Å². The zero-order chi connectivity index (χ0) is 10.7. The minimum absolute atomic E-state index is 0.654. The van der Waals surface area contributed by atoms with Crippen LogP contribution in [-0.4, -0.2) is 29.1 Å². The number of hydrogen-bond donors (Lipinski definition) is 1. The summed E-state index contributed by atoms with van der Waals surface area (Å²) in [6.07, 6.45) is 10.7. The Morgan fingerprint density at radius 3 is 2.20 bits per heavy atom. The molecule has 2 aliphatic rings. The van der Waals surface area contributed by atoms with Crippen LogP contribution in [0.2, 0.25) is 0 Å². The number of hydrogen-bond acceptors (Lipinski definition) is 1. The monoisotopic (exact) mass is 226 g/mol. The molecule has 0 aromatic heterocycles. The van der Waals surface area contributed by atoms with Crippen LogP contribution in [0.3, 0.4) is 0 Å². The van der Waals surface area contributed by atoms with Crippen LogP contribution in [0, 0.1) is 0 Å². The van der Waals surface area contributed by atoms with Gasteiger partial charge in [0.15, 0.2) is 5.11 Å². The normalized spacial score (nSPS) is 23.3. The summed E-state index contributed by atoms with van der Waals surface area (Å²) in [5, 5.41) is 4.49. The lowest BCUT2D eigenvalue weighted by Crippen LogP contribution is -2.45. The van der Waals surface area contributed by atoms with E-state index in [1.54, 1.807) is 0 Å². The molecule has 0 unspecified atom stereocenters. The molecule has 0 saturated heterocycles. The second kappa shape index (κ2) is 5.15. The highest BCUT2D eigenvalue weighted by Crippen LogP contribution is 2.23. The van der Waals surface area contributed by atoms with E-state index >= 15 is 0 Å². The molecule has 0 radical (unpaired) electrons. The Morgan fingerprint density at radius 1 is 1.07 bits per heavy atom. The molecule has 1 N–H and O–H groups in total. The Labute approximate surface area is 98.4 Å². The summed E-state index contributed by atoms with van der Waals surface area (Å²) in [6.45, 7) is 0. The highest BCUT2D eigenvalue weighted by Gasteiger charge is 2.23. The maximum absolute atomic E-state index is 5.46. The molecule has 15 heavy (non-hydrogen) atoms. The standard InChI is InChI=1S/C12H22N2S/c1-14(11-8-4-5-9-11)12(15)13-10-6-2-3-7-10/h10-11H,2-9H2,1H3,(H,13,15). The first-order valence-electron chi connectivity index (χ1n) is 6.30. The molecule has 0 bridgehead atoms. The molecule has 0 amide bonds. The fourth-order valence-electron chi connectivity index (χ4n) is 2.80. The fraction of sp³-hybridized carbons (Fsp3) is 0.917. The van der Waals surface area contributed by atoms with Gasteiger partial charge in [0, 0.05) is 19.1 Å². The summed E-state index contributed by atoms with van der Waals surface area (Å²) < 4.78 is 0. The van der Waals surface area contributed by atoms with Gasteiger partial charge in [0.25, 0.3) is 0 Å². The molecule has 3 heteroatoms. The number of nitrogens with one attached hydrogen (secondary N) is 1. The van der Waals surface area contributed by atoms with Crippen molar-refractivity contribution in [3.05, 3.63) is 0 Å². The second-order valence-electron chi connectivity index (χ2n) is 4.98. The molecule has 0 aliphatic heterocycles. The van der Waals surface area contributed by atoms with Crippen LogP contribution < -0.4 is 5.32 Å². The molecule has 86 valence electrons. The van der Waals surface area contributed by atoms with E-state index in [9.17, 15) is 0 Å². The van der Waals surface area contributed by atoms with Crippen LogP contribution >= 0.6 is 12.2 Å². The van der Waals surface area contributed by atoms with Crippen molar-refractivity contribution in [2.45, 2.75) is 63.5 Å². The fourth-order valence-corrected chi connectivity index (χ4v) is 3.12. The van der Waals surface area contributed by atoms with Crippen molar-refractivity contribution >= 4 is 17.3 Å². The van der Waals surface area contributed by atoms with Crippen molar-refractivity contribution in [1.82, 2.24) is 10.2 Å². The predicted octanol–water partition coefficient (Wildman–Crippen LogP) is 2.68. The largest absolute Gasteiger partial charge is 0.360 e. The average Bonchev–Trinajstić information content (AvgIpc) is 2.88. The van der Waals surface area contributed by atoms with Gasteiger partial charge in [-0.1, -0.05) is 25.7 Å². The third kappa shape index (κ3) is 2.83. The molecule has 0 aromatic carbocycles. The molecule has 2 fully saturated rings. The van der Waals surface area contributed by atoms with Crippen molar-refractivity contribution in [3.8, 4) is 0 Å². The van der Waals surface area contributed by atoms with Gasteiger partial charge in [-0.15, -0.1) is 0 Å². The van der Waals surface area contributed by atoms with Gasteiger partial charge in [-0.2, -0.15) is 0 Å². The molecule has 2 saturated carbocycles. The minimum Gasteiger partial charge on any atom is -0.360 e. The topological polar surface area (TPSA) is 15.3 Å². The van der Waals surface area contributed by atoms with Crippen LogP contribution in [0.5, 0.6) is 0 Å². The van der Waals surface area contributed by atoms with Crippen LogP contribution in [-0.2, 0) is 0 Å². The van der Waals surface area contributed by atoms with E-state index in [0.29, 0.717) is 12.1 Å². The predicted molar refractivity (Wildman–Crippen MR) is 68.0 cm³/mol. The van der Waals surface area contributed by atoms with Gasteiger partial charge in [0.05, 0.1) is 0 Å². The van der Waals surface area contributed by atoms with E-state index in [0.717, 1.165) is 5.11 Å². The van der Waals surface area contributed by atoms with Gasteiger partial charge in [0.2, 0.25) is 0 Å². The van der Waals surface area contributed by atoms with E-state index in [2.05, 4.69) is 17.3 Å². The summed E-state index contributed by atoms with van der Waals surface area (Å²) in [6, 6.07) is 1.35. The van der Waals surface area contributed by atoms with Crippen LogP contribution in [0.15, 0.2) is 0 Å². The van der Waals surface area contributed by atoms with Gasteiger partial charge in [-0.25, -0.2) is 0 Å². The average molecular weight is 226 g/mol. The summed E-state index contributed by atoms with van der Waals surface area (Å²) in [7, 11) is 2.15. The Morgan fingerprint density at radius 2 is 1.60 bits per heavy atom. The second-order valence-corrected chi connectivity index (χ2v) is 5.37. The van der Waals surface area contributed by atoms with Gasteiger partial charge < -0.3 is 10.2 Å². The quantitative estimate of drug-likeness (QED) is 0.729. The van der Waals surface area contributed by atoms with Gasteiger partial charge >= 0.3 is 0 Å². The smallest absolute Gasteiger partial charge is 0.169 e. The number of nitrogens with zero attached hydrogens (tertiary/aromatic N) is 1. The lowest BCUT2D eigenvalue weighted by Gasteiger charge is -2.29. The molecule has 0 aromatic rings. The molecule has 0 atom stereocenters. The molecule has 0 heterocycles. The number of thiocarbonyl (C=S) groups is 1. The Bertz CT molecular complexity index is 218. The van der Waals surface area contributed by atoms with Crippen LogP contribution in [0.4, 0.5) is 0 Å². The molecule has 0 spiro atoms. The SMILES string of the molecule is CN(C(=S)NC1CCCC1)C1CCCC1. The minimum atomic E-state index is 0.654. The van der Waals surface area contributed by atoms with Gasteiger partial charge in [0.1, 0.15) is 0 Å². The third-order valence-electron chi connectivity index (χ3n) is 3.88. The maximum atomic E-state index is 5.46. The third-order valence-corrected chi connectivity index (χ3v) is 4.28. The van der Waals surface area contributed by atoms with E-state index < -0.39 is 0 Å². The van der Waals surface area contributed by atoms with Crippen molar-refractivity contribution < 1.29 is 0 Å². The van der Waals surface area contributed by atoms with E-state index in [-0.39, 0.29) is 0 Å². The first-order valence-corrected chi connectivity index (χ1v) is 6.71. The summed E-state index contributed by atoms with van der Waals surface area (Å²) in [5.74, 6) is 0. The lowest BCUT2D eigenvalue weighted by atomic mass is 10.2. The molecule has 2 rings (SSSR count). The zero-order valence-corrected chi connectivity index (χ0v) is 10.5. The van der Waals surface area contributed by atoms with E-state index in [1.165, 1.54) is 51.4 Å². The van der Waals surface area contributed by atoms with Crippen molar-refractivity contribution in [1.29, 1.82) is 0 Å². The highest BCUT2D eigenvalue weighted by atomic mass is 32.1. The van der Waals surface area contributed by atoms with Gasteiger partial charge in [-0.05, 0) is 37.9 Å². The van der Waals surface area contributed by atoms with Crippen molar-refractivity contribution in [2.75, 3.05) is 7.05 Å². The van der Waals surface area contributed by atoms with Crippen LogP contribution in [0.25, 0.3) is 0 Å². The van der Waals surface area contributed by atoms with Gasteiger partial charge in [-0.3, -0.25) is 0 Å². The van der Waals surface area contributed by atoms with E-state index in [1.807, 2.05) is 0 Å². The van der Waals surface area contributed by atoms with Crippen LogP contribution in [0.1, 0.15) is 51.4 Å². The molecular formula is C12H22N2S. The lowest BCUT2D eigenvalue weighted by molar-refractivity contribution is 0.361. The zero-order valence-electron chi connectivity index (χ0n) is 9.67. The Hall–Kier alpha value is -0.310. The molecular weight excluding hydrogens is 204 g/mol. The molecule has 2 aliphatic carbocycles.